The van der Waals surface area contributed by atoms with Crippen LogP contribution in [-0.2, 0) is 117 Å². The van der Waals surface area contributed by atoms with Crippen LogP contribution < -0.4 is 80.4 Å². The number of nitrogens with two attached hydrogens (primary N) is 3. The fourth-order valence-corrected chi connectivity index (χ4v) is 19.0. The van der Waals surface area contributed by atoms with Crippen molar-refractivity contribution in [3.8, 4) is 5.75 Å². The number of aryl methyl sites for hydroxylation is 1. The van der Waals surface area contributed by atoms with Crippen LogP contribution in [0.5, 0.6) is 5.75 Å². The summed E-state index contributed by atoms with van der Waals surface area (Å²) in [4.78, 5) is 271. The maximum absolute atomic E-state index is 16.5. The maximum atomic E-state index is 16.5. The second-order valence-corrected chi connectivity index (χ2v) is 39.5. The Balaban J connectivity index is 1.24. The number of pyridine rings is 1. The summed E-state index contributed by atoms with van der Waals surface area (Å²) in [7, 11) is 3.13. The highest BCUT2D eigenvalue weighted by Crippen LogP contribution is 2.47. The van der Waals surface area contributed by atoms with Crippen LogP contribution in [0, 0.1) is 12.8 Å². The molecule has 0 bridgehead atoms. The van der Waals surface area contributed by atoms with Crippen molar-refractivity contribution in [1.82, 2.24) is 78.3 Å². The number of carbonyl (C=O) groups is 18. The average molecular weight is 1950 g/mol. The van der Waals surface area contributed by atoms with Gasteiger partial charge in [-0.3, -0.25) is 91.3 Å². The van der Waals surface area contributed by atoms with Gasteiger partial charge in [-0.15, -0.1) is 0 Å². The van der Waals surface area contributed by atoms with Gasteiger partial charge in [0.15, 0.2) is 5.78 Å². The first kappa shape index (κ1) is 110. The number of benzene rings is 4. The number of hydrogen-bond donors (Lipinski definition) is 17. The quantitative estimate of drug-likeness (QED) is 0.0191. The molecule has 40 nitrogen and oxygen atoms in total. The lowest BCUT2D eigenvalue weighted by atomic mass is 9.80. The smallest absolute Gasteiger partial charge is 0.303 e. The van der Waals surface area contributed by atoms with E-state index >= 15 is 28.8 Å². The lowest BCUT2D eigenvalue weighted by molar-refractivity contribution is -0.142. The number of Topliss-reactive ketones (excluding diaryl/α,β-unsaturated/α-hetero) is 2. The largest absolute Gasteiger partial charge is 0.492 e. The number of carbonyl (C=O) groups excluding carboxylic acids is 17. The standard InChI is InChI=1S/C96H130N18O22S2/c1-12-13-38-114(58(6)118)39-17-16-25-68-84(125)111-82(95(9,10)138-137-94(7,8)81(102-57(5)117)91(132)108-73(50-77(99)121)88(129)110-80(56(4)116)90(131)106-71(86(127)103-68)47-65-52-101-79-54(2)20-18-24-67(65)79)92(133)107-69(44-59-27-31-66(32-28-59)136-42-36-97)85(126)105-70(45-60-26-29-62-22-14-15-23-63(62)43-60)89(130)112-96(34-40-135-41-35-96)75(119)48-64(30-33-78(122)123)83(124)104-72(49-76(98)120)87(128)109-74(46-61-21-19-37-100-51-61)93(134)113(11)53-55(3)115/h14-15,18-24,26-29,31-32,37,43,51-52,56,64,68-74,80-82,101,116H,12-13,16-17,25,30,33-36,38-42,44-50,53,97H2,1-11H3,(H2,98,120)(H2,99,121)(H,102,117)(H,103,127)(H,104,124)(H,105,126)(H,106,131)(H,107,133)(H,108,132)(H,109,128)(H,110,129)(H,111,125)(H,112,130)(H,122,123)/t56-,64-,68+,69+,70+,71+,72+,73+,74+,80+,81-,82-/m1/s1. The zero-order valence-electron chi connectivity index (χ0n) is 79.6. The number of aromatic nitrogens is 2. The predicted molar refractivity (Wildman–Crippen MR) is 515 cm³/mol. The summed E-state index contributed by atoms with van der Waals surface area (Å²) in [5.74, 6) is -18.7. The number of carboxylic acid groups (broad SMARTS) is 1. The van der Waals surface area contributed by atoms with Gasteiger partial charge >= 0.3 is 5.97 Å². The van der Waals surface area contributed by atoms with Crippen LogP contribution in [0.15, 0.2) is 116 Å². The fraction of sp³-hybridized carbons (Fsp3) is 0.510. The number of carboxylic acids is 1. The molecular formula is C96H130N18O22S2. The molecule has 12 atom stereocenters. The summed E-state index contributed by atoms with van der Waals surface area (Å²) in [6.07, 6.45) is -1.35. The van der Waals surface area contributed by atoms with Crippen LogP contribution in [0.25, 0.3) is 21.7 Å². The molecule has 42 heteroatoms. The van der Waals surface area contributed by atoms with Crippen molar-refractivity contribution in [2.24, 2.45) is 23.1 Å². The van der Waals surface area contributed by atoms with Gasteiger partial charge in [-0.2, -0.15) is 0 Å². The van der Waals surface area contributed by atoms with Gasteiger partial charge in [-0.1, -0.05) is 114 Å². The number of nitrogens with one attached hydrogen (secondary N) is 12. The molecule has 0 radical (unpaired) electrons. The first-order chi connectivity index (χ1) is 65.3. The minimum atomic E-state index is -1.99. The van der Waals surface area contributed by atoms with Gasteiger partial charge in [0.1, 0.15) is 84.1 Å². The highest BCUT2D eigenvalue weighted by Gasteiger charge is 2.49. The number of H-pyrrole nitrogens is 1. The monoisotopic (exact) mass is 1950 g/mol. The Morgan fingerprint density at radius 3 is 1.90 bits per heavy atom. The molecule has 2 saturated heterocycles. The van der Waals surface area contributed by atoms with E-state index in [9.17, 15) is 67.7 Å². The molecule has 4 aromatic carbocycles. The molecule has 20 N–H and O–H groups in total. The van der Waals surface area contributed by atoms with Crippen molar-refractivity contribution in [2.75, 3.05) is 53.0 Å². The number of para-hydroxylation sites is 1. The molecule has 138 heavy (non-hydrogen) atoms. The number of hydrogen-bond acceptors (Lipinski definition) is 25. The van der Waals surface area contributed by atoms with E-state index in [0.29, 0.717) is 57.3 Å². The molecule has 0 aliphatic carbocycles. The first-order valence-corrected chi connectivity index (χ1v) is 48.1. The van der Waals surface area contributed by atoms with Gasteiger partial charge in [-0.25, -0.2) is 0 Å². The molecule has 2 aliphatic rings. The normalized spacial score (nSPS) is 19.4. The van der Waals surface area contributed by atoms with E-state index in [4.69, 9.17) is 26.7 Å². The molecule has 0 spiro atoms. The van der Waals surface area contributed by atoms with Crippen LogP contribution >= 0.6 is 21.6 Å². The number of primary amides is 2. The first-order valence-electron chi connectivity index (χ1n) is 45.9. The number of aliphatic hydroxyl groups is 1. The molecule has 2 aliphatic heterocycles. The Labute approximate surface area is 808 Å². The summed E-state index contributed by atoms with van der Waals surface area (Å²) < 4.78 is 8.34. The summed E-state index contributed by atoms with van der Waals surface area (Å²) >= 11 is 0. The molecule has 2 fully saturated rings. The second-order valence-electron chi connectivity index (χ2n) is 36.1. The van der Waals surface area contributed by atoms with Gasteiger partial charge in [-0.05, 0) is 137 Å². The Morgan fingerprint density at radius 1 is 0.645 bits per heavy atom. The molecule has 748 valence electrons. The van der Waals surface area contributed by atoms with E-state index in [-0.39, 0.29) is 96.7 Å². The third kappa shape index (κ3) is 32.9. The van der Waals surface area contributed by atoms with Crippen molar-refractivity contribution in [2.45, 2.75) is 254 Å². The highest BCUT2D eigenvalue weighted by molar-refractivity contribution is 8.77. The zero-order chi connectivity index (χ0) is 101. The van der Waals surface area contributed by atoms with Crippen LogP contribution in [-0.4, -0.2) is 271 Å². The third-order valence-electron chi connectivity index (χ3n) is 23.9. The second kappa shape index (κ2) is 52.0. The van der Waals surface area contributed by atoms with Crippen molar-refractivity contribution in [3.63, 3.8) is 0 Å². The SMILES string of the molecule is CCCCN(CCCC[C@@H]1NC(=O)[C@H](Cc2c[nH]c3c(C)cccc23)NC(=O)[C@H]([C@@H](C)O)NC(=O)[C@H](CC(N)=O)NC(=O)[C@@H](NC(C)=O)C(C)(C)SSC(C)(C)[C@@H](C(=O)N[C@@H](Cc2ccc(OCCN)cc2)C(=O)N[C@@H](Cc2ccc3ccccc3c2)C(=O)NC2(C(=O)C[C@@H](CCC(=O)O)C(=O)N[C@@H](CC(N)=O)C(=O)N[C@@H](Cc3cccnc3)C(=O)N(C)CC(C)=O)CCOCC2)NC1=O)C(C)=O. The molecule has 15 amide bonds. The lowest BCUT2D eigenvalue weighted by Crippen LogP contribution is -2.65. The number of fused-ring (bicyclic) bond motifs is 2. The maximum Gasteiger partial charge on any atom is 0.303 e. The summed E-state index contributed by atoms with van der Waals surface area (Å²) in [6.45, 7) is 15.0. The minimum absolute atomic E-state index is 0.104. The van der Waals surface area contributed by atoms with E-state index in [1.165, 1.54) is 61.0 Å². The summed E-state index contributed by atoms with van der Waals surface area (Å²) in [5.41, 5.74) is 18.4. The number of aromatic amines is 1. The third-order valence-corrected chi connectivity index (χ3v) is 28.1. The molecule has 6 aromatic rings. The van der Waals surface area contributed by atoms with Gasteiger partial charge < -0.3 is 110 Å². The fourth-order valence-electron chi connectivity index (χ4n) is 16.2. The molecule has 8 rings (SSSR count). The summed E-state index contributed by atoms with van der Waals surface area (Å²) in [6, 6.07) is 9.92. The van der Waals surface area contributed by atoms with Crippen molar-refractivity contribution >= 4 is 149 Å². The van der Waals surface area contributed by atoms with Crippen LogP contribution in [0.4, 0.5) is 0 Å². The minimum Gasteiger partial charge on any atom is -0.492 e. The van der Waals surface area contributed by atoms with E-state index in [1.807, 2.05) is 38.1 Å². The molecule has 0 unspecified atom stereocenters. The van der Waals surface area contributed by atoms with Gasteiger partial charge in [0.2, 0.25) is 88.6 Å². The molecule has 0 saturated carbocycles. The highest BCUT2D eigenvalue weighted by atomic mass is 33.1. The molecule has 2 aromatic heterocycles. The van der Waals surface area contributed by atoms with Gasteiger partial charge in [0, 0.05) is 150 Å². The number of nitrogens with zero attached hydrogens (tertiary/aromatic N) is 3. The van der Waals surface area contributed by atoms with Crippen molar-refractivity contribution < 1.29 is 106 Å². The Hall–Kier alpha value is -12.9. The average Bonchev–Trinajstić information content (AvgIpc) is 1.26. The zero-order valence-corrected chi connectivity index (χ0v) is 81.2. The number of aliphatic carboxylic acids is 1. The van der Waals surface area contributed by atoms with Crippen LogP contribution in [0.1, 0.15) is 167 Å². The van der Waals surface area contributed by atoms with Crippen LogP contribution in [0.2, 0.25) is 0 Å². The van der Waals surface area contributed by atoms with E-state index in [2.05, 4.69) is 68.5 Å². The number of ether oxygens (including phenoxy) is 2. The topological polar surface area (TPSA) is 612 Å². The van der Waals surface area contributed by atoms with Gasteiger partial charge in [0.25, 0.3) is 0 Å². The van der Waals surface area contributed by atoms with E-state index < -0.39 is 226 Å². The Kier molecular flexibility index (Phi) is 41.6. The number of likely N-dealkylation sites (N-methyl/N-ethyl adjacent to an activating group) is 1. The van der Waals surface area contributed by atoms with E-state index in [1.54, 1.807) is 83.9 Å². The van der Waals surface area contributed by atoms with Gasteiger partial charge in [0.05, 0.1) is 25.5 Å². The number of aliphatic hydroxyl groups excluding tert-OH is 1. The number of rotatable bonds is 44. The Morgan fingerprint density at radius 2 is 1.26 bits per heavy atom. The lowest BCUT2D eigenvalue weighted by Gasteiger charge is -2.39. The number of amides is 15. The molecular weight excluding hydrogens is 1820 g/mol. The predicted octanol–water partition coefficient (Wildman–Crippen LogP) is 1.56. The number of unbranched alkanes of at least 4 members (excludes halogenated alkanes) is 2. The van der Waals surface area contributed by atoms with E-state index in [0.717, 1.165) is 57.7 Å². The van der Waals surface area contributed by atoms with Crippen LogP contribution in [0.3, 0.4) is 0 Å². The van der Waals surface area contributed by atoms with Crippen molar-refractivity contribution in [3.05, 3.63) is 143 Å². The Bertz CT molecular complexity index is 5360. The molecule has 4 heterocycles. The van der Waals surface area contributed by atoms with Crippen molar-refractivity contribution in [1.29, 1.82) is 0 Å². The summed E-state index contributed by atoms with van der Waals surface area (Å²) in [5, 5.41) is 53.1. The number of ketones is 2.